The topological polar surface area (TPSA) is 39.2 Å². The van der Waals surface area contributed by atoms with Crippen molar-refractivity contribution in [1.82, 2.24) is 4.98 Å². The Labute approximate surface area is 122 Å². The second kappa shape index (κ2) is 6.36. The molecule has 0 N–H and O–H groups in total. The molecule has 7 heteroatoms. The lowest BCUT2D eigenvalue weighted by Crippen LogP contribution is -2.04. The number of aromatic nitrogens is 1. The monoisotopic (exact) mass is 317 g/mol. The van der Waals surface area contributed by atoms with Gasteiger partial charge in [-0.25, -0.2) is 14.2 Å². The van der Waals surface area contributed by atoms with E-state index in [-0.39, 0.29) is 10.7 Å². The number of rotatable bonds is 4. The van der Waals surface area contributed by atoms with Crippen LogP contribution in [0.15, 0.2) is 32.8 Å². The first-order chi connectivity index (χ1) is 9.10. The maximum Gasteiger partial charge on any atom is 0.357 e. The van der Waals surface area contributed by atoms with Crippen LogP contribution in [0.5, 0.6) is 0 Å². The SMILES string of the molecule is CCOC(=O)c1csc(Sc2ccc(F)c(Cl)c2)n1. The number of benzene rings is 1. The Morgan fingerprint density at radius 2 is 2.37 bits per heavy atom. The summed E-state index contributed by atoms with van der Waals surface area (Å²) in [6.07, 6.45) is 0. The third-order valence-electron chi connectivity index (χ3n) is 2.06. The number of thiazole rings is 1. The molecule has 0 unspecified atom stereocenters. The molecule has 0 saturated carbocycles. The number of hydrogen-bond acceptors (Lipinski definition) is 5. The summed E-state index contributed by atoms with van der Waals surface area (Å²) >= 11 is 8.34. The lowest BCUT2D eigenvalue weighted by molar-refractivity contribution is 0.0520. The van der Waals surface area contributed by atoms with E-state index >= 15 is 0 Å². The zero-order chi connectivity index (χ0) is 13.8. The Bertz CT molecular complexity index is 603. The van der Waals surface area contributed by atoms with Crippen molar-refractivity contribution in [2.75, 3.05) is 6.61 Å². The van der Waals surface area contributed by atoms with Gasteiger partial charge in [-0.2, -0.15) is 0 Å². The Hall–Kier alpha value is -1.11. The van der Waals surface area contributed by atoms with Crippen molar-refractivity contribution in [2.45, 2.75) is 16.2 Å². The number of ether oxygens (including phenoxy) is 1. The van der Waals surface area contributed by atoms with Crippen molar-refractivity contribution in [1.29, 1.82) is 0 Å². The van der Waals surface area contributed by atoms with Crippen molar-refractivity contribution >= 4 is 40.7 Å². The molecule has 1 heterocycles. The van der Waals surface area contributed by atoms with Gasteiger partial charge in [0, 0.05) is 10.3 Å². The quantitative estimate of drug-likeness (QED) is 0.790. The van der Waals surface area contributed by atoms with E-state index in [1.807, 2.05) is 0 Å². The van der Waals surface area contributed by atoms with Crippen LogP contribution in [-0.4, -0.2) is 17.6 Å². The first-order valence-corrected chi connectivity index (χ1v) is 7.43. The van der Waals surface area contributed by atoms with Crippen LogP contribution in [-0.2, 0) is 4.74 Å². The number of carbonyl (C=O) groups excluding carboxylic acids is 1. The summed E-state index contributed by atoms with van der Waals surface area (Å²) in [6.45, 7) is 2.05. The average Bonchev–Trinajstić information content (AvgIpc) is 2.83. The van der Waals surface area contributed by atoms with E-state index in [9.17, 15) is 9.18 Å². The van der Waals surface area contributed by atoms with Crippen molar-refractivity contribution in [3.05, 3.63) is 40.1 Å². The first kappa shape index (κ1) is 14.3. The summed E-state index contributed by atoms with van der Waals surface area (Å²) in [4.78, 5) is 16.4. The highest BCUT2D eigenvalue weighted by atomic mass is 35.5. The van der Waals surface area contributed by atoms with Gasteiger partial charge in [-0.05, 0) is 25.1 Å². The van der Waals surface area contributed by atoms with Gasteiger partial charge in [0.05, 0.1) is 11.6 Å². The summed E-state index contributed by atoms with van der Waals surface area (Å²) in [5.74, 6) is -0.903. The molecule has 0 amide bonds. The number of hydrogen-bond donors (Lipinski definition) is 0. The average molecular weight is 318 g/mol. The van der Waals surface area contributed by atoms with E-state index in [0.717, 1.165) is 4.90 Å². The van der Waals surface area contributed by atoms with Gasteiger partial charge >= 0.3 is 5.97 Å². The molecule has 0 aliphatic rings. The molecule has 1 aromatic carbocycles. The Balaban J connectivity index is 2.11. The number of nitrogens with zero attached hydrogens (tertiary/aromatic N) is 1. The van der Waals surface area contributed by atoms with Crippen LogP contribution in [0.25, 0.3) is 0 Å². The van der Waals surface area contributed by atoms with Crippen LogP contribution in [0.4, 0.5) is 4.39 Å². The molecule has 0 fully saturated rings. The highest BCUT2D eigenvalue weighted by molar-refractivity contribution is 8.01. The molecule has 0 bridgehead atoms. The maximum atomic E-state index is 13.0. The first-order valence-electron chi connectivity index (χ1n) is 5.35. The van der Waals surface area contributed by atoms with Gasteiger partial charge in [-0.3, -0.25) is 0 Å². The van der Waals surface area contributed by atoms with Crippen LogP contribution in [0.3, 0.4) is 0 Å². The minimum absolute atomic E-state index is 0.0622. The van der Waals surface area contributed by atoms with Crippen LogP contribution in [0.2, 0.25) is 5.02 Å². The molecule has 0 aliphatic carbocycles. The number of halogens is 2. The molecule has 0 radical (unpaired) electrons. The molecule has 100 valence electrons. The number of carbonyl (C=O) groups is 1. The lowest BCUT2D eigenvalue weighted by Gasteiger charge is -1.99. The fraction of sp³-hybridized carbons (Fsp3) is 0.167. The molecular formula is C12H9ClFNO2S2. The molecule has 19 heavy (non-hydrogen) atoms. The van der Waals surface area contributed by atoms with Crippen molar-refractivity contribution in [2.24, 2.45) is 0 Å². The molecule has 1 aromatic heterocycles. The van der Waals surface area contributed by atoms with Crippen molar-refractivity contribution in [3.63, 3.8) is 0 Å². The smallest absolute Gasteiger partial charge is 0.357 e. The van der Waals surface area contributed by atoms with Crippen LogP contribution in [0, 0.1) is 5.82 Å². The van der Waals surface area contributed by atoms with E-state index in [0.29, 0.717) is 10.9 Å². The Morgan fingerprint density at radius 3 is 3.05 bits per heavy atom. The van der Waals surface area contributed by atoms with E-state index in [1.54, 1.807) is 18.4 Å². The van der Waals surface area contributed by atoms with E-state index < -0.39 is 11.8 Å². The molecule has 2 rings (SSSR count). The minimum atomic E-state index is -0.461. The largest absolute Gasteiger partial charge is 0.461 e. The minimum Gasteiger partial charge on any atom is -0.461 e. The second-order valence-corrected chi connectivity index (χ2v) is 5.98. The van der Waals surface area contributed by atoms with E-state index in [1.165, 1.54) is 35.2 Å². The summed E-state index contributed by atoms with van der Waals surface area (Å²) in [7, 11) is 0. The zero-order valence-electron chi connectivity index (χ0n) is 9.85. The standard InChI is InChI=1S/C12H9ClFNO2S2/c1-2-17-11(16)10-6-18-12(15-10)19-7-3-4-9(14)8(13)5-7/h3-6H,2H2,1H3. The third-order valence-corrected chi connectivity index (χ3v) is 4.28. The summed E-state index contributed by atoms with van der Waals surface area (Å²) < 4.78 is 18.5. The van der Waals surface area contributed by atoms with Gasteiger partial charge in [0.25, 0.3) is 0 Å². The number of esters is 1. The third kappa shape index (κ3) is 3.68. The molecule has 0 aliphatic heterocycles. The van der Waals surface area contributed by atoms with Crippen LogP contribution < -0.4 is 0 Å². The van der Waals surface area contributed by atoms with Crippen molar-refractivity contribution < 1.29 is 13.9 Å². The van der Waals surface area contributed by atoms with E-state index in [4.69, 9.17) is 16.3 Å². The molecule has 2 aromatic rings. The summed E-state index contributed by atoms with van der Waals surface area (Å²) in [5.41, 5.74) is 0.280. The van der Waals surface area contributed by atoms with Gasteiger partial charge in [0.1, 0.15) is 5.82 Å². The van der Waals surface area contributed by atoms with Gasteiger partial charge in [0.2, 0.25) is 0 Å². The zero-order valence-corrected chi connectivity index (χ0v) is 12.2. The van der Waals surface area contributed by atoms with Crippen LogP contribution >= 0.6 is 34.7 Å². The predicted molar refractivity (Wildman–Crippen MR) is 73.6 cm³/mol. The van der Waals surface area contributed by atoms with E-state index in [2.05, 4.69) is 4.98 Å². The van der Waals surface area contributed by atoms with Gasteiger partial charge < -0.3 is 4.74 Å². The fourth-order valence-corrected chi connectivity index (χ4v) is 3.29. The van der Waals surface area contributed by atoms with Crippen LogP contribution in [0.1, 0.15) is 17.4 Å². The Morgan fingerprint density at radius 1 is 1.58 bits per heavy atom. The maximum absolute atomic E-state index is 13.0. The highest BCUT2D eigenvalue weighted by Crippen LogP contribution is 2.32. The predicted octanol–water partition coefficient (Wildman–Crippen LogP) is 4.26. The Kier molecular flexibility index (Phi) is 4.79. The molecule has 0 saturated heterocycles. The molecular weight excluding hydrogens is 309 g/mol. The normalized spacial score (nSPS) is 10.5. The summed E-state index contributed by atoms with van der Waals surface area (Å²) in [6, 6.07) is 4.43. The second-order valence-electron chi connectivity index (χ2n) is 3.40. The summed E-state index contributed by atoms with van der Waals surface area (Å²) in [5, 5.41) is 1.69. The lowest BCUT2D eigenvalue weighted by atomic mass is 10.3. The highest BCUT2D eigenvalue weighted by Gasteiger charge is 2.12. The molecule has 0 atom stereocenters. The van der Waals surface area contributed by atoms with Gasteiger partial charge in [0.15, 0.2) is 10.0 Å². The van der Waals surface area contributed by atoms with Gasteiger partial charge in [-0.15, -0.1) is 11.3 Å². The molecule has 3 nitrogen and oxygen atoms in total. The van der Waals surface area contributed by atoms with Gasteiger partial charge in [-0.1, -0.05) is 23.4 Å². The fourth-order valence-electron chi connectivity index (χ4n) is 1.24. The molecule has 0 spiro atoms. The van der Waals surface area contributed by atoms with Crippen molar-refractivity contribution in [3.8, 4) is 0 Å².